The Kier molecular flexibility index (Phi) is 4.83. The van der Waals surface area contributed by atoms with E-state index < -0.39 is 5.82 Å². The van der Waals surface area contributed by atoms with Crippen LogP contribution in [-0.4, -0.2) is 23.1 Å². The SMILES string of the molecule is Fc1cnc(Nc2ccc3c(c2)CCNC3)nc1N1OCCC1c1ccccc1. The van der Waals surface area contributed by atoms with Gasteiger partial charge in [-0.3, -0.25) is 4.84 Å². The molecule has 0 aliphatic carbocycles. The van der Waals surface area contributed by atoms with Crippen molar-refractivity contribution < 1.29 is 9.23 Å². The normalized spacial score (nSPS) is 18.5. The van der Waals surface area contributed by atoms with Crippen LogP contribution in [0.15, 0.2) is 54.7 Å². The van der Waals surface area contributed by atoms with Gasteiger partial charge in [0.15, 0.2) is 11.6 Å². The van der Waals surface area contributed by atoms with E-state index in [1.807, 2.05) is 36.4 Å². The van der Waals surface area contributed by atoms with Gasteiger partial charge in [-0.05, 0) is 41.8 Å². The van der Waals surface area contributed by atoms with Crippen LogP contribution in [0.4, 0.5) is 21.8 Å². The summed E-state index contributed by atoms with van der Waals surface area (Å²) < 4.78 is 14.6. The van der Waals surface area contributed by atoms with E-state index in [9.17, 15) is 4.39 Å². The van der Waals surface area contributed by atoms with Crippen molar-refractivity contribution in [2.24, 2.45) is 0 Å². The predicted molar refractivity (Wildman–Crippen MR) is 109 cm³/mol. The second-order valence-electron chi connectivity index (χ2n) is 7.27. The number of nitrogens with zero attached hydrogens (tertiary/aromatic N) is 3. The first-order valence-electron chi connectivity index (χ1n) is 9.87. The molecule has 0 bridgehead atoms. The van der Waals surface area contributed by atoms with Crippen molar-refractivity contribution >= 4 is 17.5 Å². The van der Waals surface area contributed by atoms with E-state index in [1.165, 1.54) is 17.3 Å². The lowest BCUT2D eigenvalue weighted by Gasteiger charge is -2.24. The zero-order valence-electron chi connectivity index (χ0n) is 15.9. The largest absolute Gasteiger partial charge is 0.324 e. The second kappa shape index (κ2) is 7.77. The van der Waals surface area contributed by atoms with Crippen LogP contribution in [0.3, 0.4) is 0 Å². The van der Waals surface area contributed by atoms with Gasteiger partial charge in [0.25, 0.3) is 0 Å². The first-order chi connectivity index (χ1) is 14.3. The highest BCUT2D eigenvalue weighted by Gasteiger charge is 2.31. The number of aromatic nitrogens is 2. The Morgan fingerprint density at radius 3 is 2.93 bits per heavy atom. The van der Waals surface area contributed by atoms with Crippen molar-refractivity contribution in [1.29, 1.82) is 0 Å². The van der Waals surface area contributed by atoms with Gasteiger partial charge in [0, 0.05) is 18.7 Å². The summed E-state index contributed by atoms with van der Waals surface area (Å²) >= 11 is 0. The van der Waals surface area contributed by atoms with E-state index in [0.717, 1.165) is 37.2 Å². The molecule has 0 saturated carbocycles. The number of hydrogen-bond acceptors (Lipinski definition) is 6. The van der Waals surface area contributed by atoms with Gasteiger partial charge in [-0.15, -0.1) is 0 Å². The van der Waals surface area contributed by atoms with Gasteiger partial charge in [0.2, 0.25) is 5.95 Å². The van der Waals surface area contributed by atoms with Crippen molar-refractivity contribution in [1.82, 2.24) is 15.3 Å². The molecule has 2 N–H and O–H groups in total. The Bertz CT molecular complexity index is 1010. The molecule has 7 heteroatoms. The average Bonchev–Trinajstić information content (AvgIpc) is 3.25. The van der Waals surface area contributed by atoms with Gasteiger partial charge in [-0.1, -0.05) is 36.4 Å². The predicted octanol–water partition coefficient (Wildman–Crippen LogP) is 3.89. The number of benzene rings is 2. The number of hydroxylamine groups is 1. The maximum Gasteiger partial charge on any atom is 0.229 e. The molecule has 148 valence electrons. The molecule has 1 saturated heterocycles. The molecule has 0 radical (unpaired) electrons. The van der Waals surface area contributed by atoms with Gasteiger partial charge in [-0.2, -0.15) is 4.98 Å². The standard InChI is InChI=1S/C22H22FN5O/c23-19-14-25-22(26-18-7-6-17-13-24-10-8-16(17)12-18)27-21(19)28-20(9-11-29-28)15-4-2-1-3-5-15/h1-7,12,14,20,24H,8-11,13H2,(H,25,26,27). The molecule has 3 aromatic rings. The molecule has 2 aromatic carbocycles. The molecule has 1 atom stereocenters. The minimum atomic E-state index is -0.505. The van der Waals surface area contributed by atoms with Crippen LogP contribution < -0.4 is 15.7 Å². The van der Waals surface area contributed by atoms with Gasteiger partial charge >= 0.3 is 0 Å². The highest BCUT2D eigenvalue weighted by molar-refractivity contribution is 5.58. The van der Waals surface area contributed by atoms with Crippen LogP contribution in [0.1, 0.15) is 29.2 Å². The maximum absolute atomic E-state index is 14.6. The highest BCUT2D eigenvalue weighted by Crippen LogP contribution is 2.35. The fraction of sp³-hybridized carbons (Fsp3) is 0.273. The van der Waals surface area contributed by atoms with Crippen molar-refractivity contribution in [2.45, 2.75) is 25.4 Å². The number of hydrogen-bond donors (Lipinski definition) is 2. The van der Waals surface area contributed by atoms with E-state index >= 15 is 0 Å². The molecule has 6 nitrogen and oxygen atoms in total. The van der Waals surface area contributed by atoms with Gasteiger partial charge in [0.1, 0.15) is 0 Å². The Labute approximate surface area is 168 Å². The zero-order valence-corrected chi connectivity index (χ0v) is 15.9. The van der Waals surface area contributed by atoms with Crippen LogP contribution in [0.5, 0.6) is 0 Å². The lowest BCUT2D eigenvalue weighted by molar-refractivity contribution is 0.154. The van der Waals surface area contributed by atoms with Gasteiger partial charge in [0.05, 0.1) is 18.8 Å². The highest BCUT2D eigenvalue weighted by atomic mass is 19.1. The van der Waals surface area contributed by atoms with E-state index in [-0.39, 0.29) is 11.9 Å². The molecule has 2 aliphatic heterocycles. The van der Waals surface area contributed by atoms with Crippen LogP contribution in [0.2, 0.25) is 0 Å². The van der Waals surface area contributed by atoms with Crippen molar-refractivity contribution in [2.75, 3.05) is 23.5 Å². The summed E-state index contributed by atoms with van der Waals surface area (Å²) in [5.41, 5.74) is 4.58. The molecule has 1 unspecified atom stereocenters. The minimum Gasteiger partial charge on any atom is -0.324 e. The van der Waals surface area contributed by atoms with Crippen molar-refractivity contribution in [3.05, 3.63) is 77.2 Å². The minimum absolute atomic E-state index is 0.0790. The van der Waals surface area contributed by atoms with Crippen LogP contribution >= 0.6 is 0 Å². The monoisotopic (exact) mass is 391 g/mol. The van der Waals surface area contributed by atoms with Crippen molar-refractivity contribution in [3.63, 3.8) is 0 Å². The summed E-state index contributed by atoms with van der Waals surface area (Å²) in [6.45, 7) is 2.38. The Morgan fingerprint density at radius 2 is 2.03 bits per heavy atom. The van der Waals surface area contributed by atoms with E-state index in [0.29, 0.717) is 12.6 Å². The third-order valence-corrected chi connectivity index (χ3v) is 5.37. The number of anilines is 3. The molecule has 0 amide bonds. The summed E-state index contributed by atoms with van der Waals surface area (Å²) in [4.78, 5) is 14.3. The summed E-state index contributed by atoms with van der Waals surface area (Å²) in [6.07, 6.45) is 2.95. The molecular weight excluding hydrogens is 369 g/mol. The molecule has 0 spiro atoms. The van der Waals surface area contributed by atoms with Crippen LogP contribution in [-0.2, 0) is 17.8 Å². The van der Waals surface area contributed by atoms with Gasteiger partial charge in [-0.25, -0.2) is 14.4 Å². The Hall–Kier alpha value is -3.03. The fourth-order valence-electron chi connectivity index (χ4n) is 3.91. The van der Waals surface area contributed by atoms with E-state index in [2.05, 4.69) is 32.7 Å². The first kappa shape index (κ1) is 18.0. The topological polar surface area (TPSA) is 62.3 Å². The van der Waals surface area contributed by atoms with Crippen LogP contribution in [0.25, 0.3) is 0 Å². The number of rotatable bonds is 4. The van der Waals surface area contributed by atoms with Crippen LogP contribution in [0, 0.1) is 5.82 Å². The third-order valence-electron chi connectivity index (χ3n) is 5.37. The summed E-state index contributed by atoms with van der Waals surface area (Å²) in [5.74, 6) is -0.0106. The Morgan fingerprint density at radius 1 is 1.14 bits per heavy atom. The maximum atomic E-state index is 14.6. The summed E-state index contributed by atoms with van der Waals surface area (Å²) in [6, 6.07) is 16.1. The van der Waals surface area contributed by atoms with E-state index in [4.69, 9.17) is 4.84 Å². The van der Waals surface area contributed by atoms with Gasteiger partial charge < -0.3 is 10.6 Å². The number of halogens is 1. The lowest BCUT2D eigenvalue weighted by atomic mass is 10.0. The second-order valence-corrected chi connectivity index (χ2v) is 7.27. The quantitative estimate of drug-likeness (QED) is 0.704. The molecule has 1 aromatic heterocycles. The smallest absolute Gasteiger partial charge is 0.229 e. The number of fused-ring (bicyclic) bond motifs is 1. The first-order valence-corrected chi connectivity index (χ1v) is 9.87. The molecule has 2 aliphatic rings. The molecule has 3 heterocycles. The molecule has 5 rings (SSSR count). The molecular formula is C22H22FN5O. The number of nitrogens with one attached hydrogen (secondary N) is 2. The summed E-state index contributed by atoms with van der Waals surface area (Å²) in [7, 11) is 0. The third kappa shape index (κ3) is 3.66. The molecule has 29 heavy (non-hydrogen) atoms. The average molecular weight is 391 g/mol. The molecule has 1 fully saturated rings. The lowest BCUT2D eigenvalue weighted by Crippen LogP contribution is -2.24. The van der Waals surface area contributed by atoms with E-state index in [1.54, 1.807) is 5.06 Å². The fourth-order valence-corrected chi connectivity index (χ4v) is 3.91. The summed E-state index contributed by atoms with van der Waals surface area (Å²) in [5, 5.41) is 8.14. The van der Waals surface area contributed by atoms with Crippen molar-refractivity contribution in [3.8, 4) is 0 Å². The zero-order chi connectivity index (χ0) is 19.6. The Balaban J connectivity index is 1.42.